The summed E-state index contributed by atoms with van der Waals surface area (Å²) in [6.07, 6.45) is 8.29. The van der Waals surface area contributed by atoms with E-state index in [0.717, 1.165) is 36.5 Å². The Hall–Kier alpha value is -1.88. The maximum Gasteiger partial charge on any atom is 0.0950 e. The van der Waals surface area contributed by atoms with Gasteiger partial charge in [-0.2, -0.15) is 0 Å². The Morgan fingerprint density at radius 1 is 1.30 bits per heavy atom. The molecule has 0 aliphatic rings. The minimum absolute atomic E-state index is 0.575. The number of aryl methyl sites for hydroxylation is 1. The lowest BCUT2D eigenvalue weighted by Crippen LogP contribution is -2.27. The van der Waals surface area contributed by atoms with Crippen LogP contribution in [0.1, 0.15) is 20.3 Å². The summed E-state index contributed by atoms with van der Waals surface area (Å²) < 4.78 is 2.14. The number of nitrogen functional groups attached to an aromatic ring is 1. The van der Waals surface area contributed by atoms with Crippen molar-refractivity contribution in [2.45, 2.75) is 32.9 Å². The zero-order chi connectivity index (χ0) is 14.5. The van der Waals surface area contributed by atoms with Gasteiger partial charge in [0.15, 0.2) is 0 Å². The van der Waals surface area contributed by atoms with E-state index in [1.54, 1.807) is 12.4 Å². The van der Waals surface area contributed by atoms with Gasteiger partial charge >= 0.3 is 0 Å². The SMILES string of the molecule is CC(C)N(C)CCCn1cncc1-c1cnccc1N. The van der Waals surface area contributed by atoms with Gasteiger partial charge in [0.1, 0.15) is 0 Å². The van der Waals surface area contributed by atoms with E-state index in [1.807, 2.05) is 18.6 Å². The summed E-state index contributed by atoms with van der Waals surface area (Å²) in [7, 11) is 2.15. The summed E-state index contributed by atoms with van der Waals surface area (Å²) in [5, 5.41) is 0. The van der Waals surface area contributed by atoms with E-state index in [1.165, 1.54) is 0 Å². The van der Waals surface area contributed by atoms with Crippen molar-refractivity contribution < 1.29 is 0 Å². The zero-order valence-electron chi connectivity index (χ0n) is 12.5. The summed E-state index contributed by atoms with van der Waals surface area (Å²) >= 11 is 0. The standard InChI is InChI=1S/C15H23N5/c1-12(2)19(3)7-4-8-20-11-18-10-15(20)13-9-17-6-5-14(13)16/h5-6,9-12H,4,7-8H2,1-3H3,(H2,16,17). The molecule has 0 spiro atoms. The number of hydrogen-bond acceptors (Lipinski definition) is 4. The van der Waals surface area contributed by atoms with Crippen LogP contribution in [-0.2, 0) is 6.54 Å². The fraction of sp³-hybridized carbons (Fsp3) is 0.467. The third-order valence-electron chi connectivity index (χ3n) is 3.63. The molecular formula is C15H23N5. The van der Waals surface area contributed by atoms with Crippen molar-refractivity contribution in [3.63, 3.8) is 0 Å². The number of anilines is 1. The van der Waals surface area contributed by atoms with E-state index in [0.29, 0.717) is 6.04 Å². The van der Waals surface area contributed by atoms with Gasteiger partial charge in [-0.15, -0.1) is 0 Å². The van der Waals surface area contributed by atoms with Crippen LogP contribution in [-0.4, -0.2) is 39.1 Å². The van der Waals surface area contributed by atoms with Crippen molar-refractivity contribution in [2.24, 2.45) is 0 Å². The van der Waals surface area contributed by atoms with Crippen LogP contribution in [0.15, 0.2) is 31.0 Å². The summed E-state index contributed by atoms with van der Waals surface area (Å²) in [5.41, 5.74) is 8.72. The fourth-order valence-electron chi connectivity index (χ4n) is 2.09. The smallest absolute Gasteiger partial charge is 0.0950 e. The minimum Gasteiger partial charge on any atom is -0.398 e. The van der Waals surface area contributed by atoms with Crippen molar-refractivity contribution in [2.75, 3.05) is 19.3 Å². The Bertz CT molecular complexity index is 547. The van der Waals surface area contributed by atoms with Gasteiger partial charge in [0.05, 0.1) is 18.2 Å². The Morgan fingerprint density at radius 3 is 2.80 bits per heavy atom. The molecule has 0 radical (unpaired) electrons. The molecule has 0 fully saturated rings. The molecule has 2 aromatic heterocycles. The van der Waals surface area contributed by atoms with Crippen LogP contribution < -0.4 is 5.73 Å². The maximum atomic E-state index is 6.01. The second-order valence-corrected chi connectivity index (χ2v) is 5.36. The molecule has 0 unspecified atom stereocenters. The molecule has 0 amide bonds. The van der Waals surface area contributed by atoms with Gasteiger partial charge in [-0.3, -0.25) is 4.98 Å². The van der Waals surface area contributed by atoms with Crippen molar-refractivity contribution in [1.82, 2.24) is 19.4 Å². The molecule has 0 aliphatic carbocycles. The largest absolute Gasteiger partial charge is 0.398 e. The van der Waals surface area contributed by atoms with Crippen LogP contribution in [0.5, 0.6) is 0 Å². The maximum absolute atomic E-state index is 6.01. The van der Waals surface area contributed by atoms with E-state index in [2.05, 4.69) is 40.3 Å². The Morgan fingerprint density at radius 2 is 2.10 bits per heavy atom. The second kappa shape index (κ2) is 6.52. The second-order valence-electron chi connectivity index (χ2n) is 5.36. The van der Waals surface area contributed by atoms with Gasteiger partial charge in [-0.1, -0.05) is 0 Å². The van der Waals surface area contributed by atoms with Crippen molar-refractivity contribution in [3.05, 3.63) is 31.0 Å². The molecule has 0 aromatic carbocycles. The van der Waals surface area contributed by atoms with Gasteiger partial charge in [-0.05, 0) is 39.9 Å². The molecule has 2 N–H and O–H groups in total. The molecule has 5 heteroatoms. The minimum atomic E-state index is 0.575. The van der Waals surface area contributed by atoms with Crippen molar-refractivity contribution in [3.8, 4) is 11.3 Å². The molecule has 2 aromatic rings. The van der Waals surface area contributed by atoms with Crippen LogP contribution >= 0.6 is 0 Å². The van der Waals surface area contributed by atoms with Crippen LogP contribution in [0, 0.1) is 0 Å². The number of rotatable bonds is 6. The van der Waals surface area contributed by atoms with Gasteiger partial charge < -0.3 is 15.2 Å². The quantitative estimate of drug-likeness (QED) is 0.877. The van der Waals surface area contributed by atoms with Crippen LogP contribution in [0.25, 0.3) is 11.3 Å². The van der Waals surface area contributed by atoms with E-state index < -0.39 is 0 Å². The highest BCUT2D eigenvalue weighted by Gasteiger charge is 2.09. The van der Waals surface area contributed by atoms with Gasteiger partial charge in [0.2, 0.25) is 0 Å². The van der Waals surface area contributed by atoms with Gasteiger partial charge in [0, 0.05) is 36.2 Å². The van der Waals surface area contributed by atoms with E-state index in [4.69, 9.17) is 5.73 Å². The van der Waals surface area contributed by atoms with Gasteiger partial charge in [0.25, 0.3) is 0 Å². The number of nitrogens with two attached hydrogens (primary N) is 1. The van der Waals surface area contributed by atoms with Crippen LogP contribution in [0.2, 0.25) is 0 Å². The Labute approximate surface area is 120 Å². The molecule has 20 heavy (non-hydrogen) atoms. The lowest BCUT2D eigenvalue weighted by Gasteiger charge is -2.21. The molecule has 0 atom stereocenters. The predicted octanol–water partition coefficient (Wildman–Crippen LogP) is 2.26. The third kappa shape index (κ3) is 3.36. The highest BCUT2D eigenvalue weighted by atomic mass is 15.1. The zero-order valence-corrected chi connectivity index (χ0v) is 12.5. The number of aromatic nitrogens is 3. The molecule has 5 nitrogen and oxygen atoms in total. The van der Waals surface area contributed by atoms with Crippen molar-refractivity contribution in [1.29, 1.82) is 0 Å². The van der Waals surface area contributed by atoms with Crippen LogP contribution in [0.3, 0.4) is 0 Å². The molecule has 0 saturated heterocycles. The monoisotopic (exact) mass is 273 g/mol. The summed E-state index contributed by atoms with van der Waals surface area (Å²) in [4.78, 5) is 10.7. The lowest BCUT2D eigenvalue weighted by molar-refractivity contribution is 0.265. The summed E-state index contributed by atoms with van der Waals surface area (Å²) in [5.74, 6) is 0. The first-order chi connectivity index (χ1) is 9.59. The Balaban J connectivity index is 2.05. The first-order valence-corrected chi connectivity index (χ1v) is 7.00. The molecule has 108 valence electrons. The van der Waals surface area contributed by atoms with Gasteiger partial charge in [-0.25, -0.2) is 4.98 Å². The number of imidazole rings is 1. The lowest BCUT2D eigenvalue weighted by atomic mass is 10.2. The first-order valence-electron chi connectivity index (χ1n) is 7.00. The van der Waals surface area contributed by atoms with E-state index in [-0.39, 0.29) is 0 Å². The normalized spacial score (nSPS) is 11.4. The van der Waals surface area contributed by atoms with E-state index >= 15 is 0 Å². The average molecular weight is 273 g/mol. The molecular weight excluding hydrogens is 250 g/mol. The predicted molar refractivity (Wildman–Crippen MR) is 82.3 cm³/mol. The summed E-state index contributed by atoms with van der Waals surface area (Å²) in [6.45, 7) is 6.41. The molecule has 2 heterocycles. The van der Waals surface area contributed by atoms with Crippen LogP contribution in [0.4, 0.5) is 5.69 Å². The molecule has 0 aliphatic heterocycles. The number of hydrogen-bond donors (Lipinski definition) is 1. The fourth-order valence-corrected chi connectivity index (χ4v) is 2.09. The third-order valence-corrected chi connectivity index (χ3v) is 3.63. The number of nitrogens with zero attached hydrogens (tertiary/aromatic N) is 4. The molecule has 0 bridgehead atoms. The van der Waals surface area contributed by atoms with E-state index in [9.17, 15) is 0 Å². The first kappa shape index (κ1) is 14.5. The highest BCUT2D eigenvalue weighted by Crippen LogP contribution is 2.24. The Kier molecular flexibility index (Phi) is 4.74. The van der Waals surface area contributed by atoms with Crippen molar-refractivity contribution >= 4 is 5.69 Å². The molecule has 2 rings (SSSR count). The number of pyridine rings is 1. The average Bonchev–Trinajstić information content (AvgIpc) is 2.87. The topological polar surface area (TPSA) is 60.0 Å². The highest BCUT2D eigenvalue weighted by molar-refractivity contribution is 5.72. The summed E-state index contributed by atoms with van der Waals surface area (Å²) in [6, 6.07) is 2.39. The molecule has 0 saturated carbocycles.